The second kappa shape index (κ2) is 6.70. The highest BCUT2D eigenvalue weighted by atomic mass is 32.2. The van der Waals surface area contributed by atoms with Crippen LogP contribution in [0.4, 0.5) is 0 Å². The zero-order valence-electron chi connectivity index (χ0n) is 11.4. The molecule has 0 aliphatic heterocycles. The van der Waals surface area contributed by atoms with Gasteiger partial charge in [-0.2, -0.15) is 10.2 Å². The highest BCUT2D eigenvalue weighted by Crippen LogP contribution is 2.31. The minimum atomic E-state index is -3.45. The highest BCUT2D eigenvalue weighted by molar-refractivity contribution is 7.93. The summed E-state index contributed by atoms with van der Waals surface area (Å²) in [6, 6.07) is 10.8. The lowest BCUT2D eigenvalue weighted by molar-refractivity contribution is 0.461. The van der Waals surface area contributed by atoms with Gasteiger partial charge < -0.3 is 4.74 Å². The number of hydrogen-bond acceptors (Lipinski definition) is 6. The van der Waals surface area contributed by atoms with Crippen molar-refractivity contribution in [3.05, 3.63) is 35.2 Å². The van der Waals surface area contributed by atoms with E-state index < -0.39 is 9.84 Å². The molecule has 1 heterocycles. The van der Waals surface area contributed by atoms with Crippen molar-refractivity contribution in [2.75, 3.05) is 5.75 Å². The van der Waals surface area contributed by atoms with E-state index in [-0.39, 0.29) is 20.8 Å². The standard InChI is InChI=1S/C14H14N2O3S2/c1-2-3-9-21(17,18)14-16-13(12(10-15)20-14)19-11-7-5-4-6-8-11/h4-8H,2-3,9H2,1H3. The van der Waals surface area contributed by atoms with Gasteiger partial charge in [-0.25, -0.2) is 8.42 Å². The van der Waals surface area contributed by atoms with Gasteiger partial charge in [-0.3, -0.25) is 0 Å². The van der Waals surface area contributed by atoms with Gasteiger partial charge in [0.15, 0.2) is 4.88 Å². The molecular formula is C14H14N2O3S2. The number of aromatic nitrogens is 1. The van der Waals surface area contributed by atoms with Crippen LogP contribution in [0.2, 0.25) is 0 Å². The molecule has 0 aliphatic carbocycles. The number of nitriles is 1. The van der Waals surface area contributed by atoms with E-state index in [9.17, 15) is 8.42 Å². The summed E-state index contributed by atoms with van der Waals surface area (Å²) in [5.41, 5.74) is 0. The van der Waals surface area contributed by atoms with Crippen molar-refractivity contribution in [3.63, 3.8) is 0 Å². The van der Waals surface area contributed by atoms with Crippen LogP contribution < -0.4 is 4.74 Å². The van der Waals surface area contributed by atoms with Crippen molar-refractivity contribution in [2.45, 2.75) is 24.1 Å². The maximum Gasteiger partial charge on any atom is 0.249 e. The molecule has 21 heavy (non-hydrogen) atoms. The lowest BCUT2D eigenvalue weighted by atomic mass is 10.3. The molecule has 1 aromatic carbocycles. The van der Waals surface area contributed by atoms with E-state index >= 15 is 0 Å². The average Bonchev–Trinajstić information content (AvgIpc) is 2.90. The zero-order valence-corrected chi connectivity index (χ0v) is 13.1. The van der Waals surface area contributed by atoms with Crippen molar-refractivity contribution in [1.82, 2.24) is 4.98 Å². The predicted molar refractivity (Wildman–Crippen MR) is 80.3 cm³/mol. The Hall–Kier alpha value is -1.91. The summed E-state index contributed by atoms with van der Waals surface area (Å²) >= 11 is 0.851. The molecule has 7 heteroatoms. The molecule has 0 radical (unpaired) electrons. The number of benzene rings is 1. The lowest BCUT2D eigenvalue weighted by Gasteiger charge is -2.01. The second-order valence-electron chi connectivity index (χ2n) is 4.31. The monoisotopic (exact) mass is 322 g/mol. The van der Waals surface area contributed by atoms with Gasteiger partial charge in [-0.05, 0) is 18.6 Å². The van der Waals surface area contributed by atoms with Gasteiger partial charge in [-0.1, -0.05) is 42.9 Å². The molecule has 2 rings (SSSR count). The maximum absolute atomic E-state index is 12.1. The van der Waals surface area contributed by atoms with Gasteiger partial charge in [0.2, 0.25) is 20.1 Å². The minimum Gasteiger partial charge on any atom is -0.437 e. The number of rotatable bonds is 6. The summed E-state index contributed by atoms with van der Waals surface area (Å²) in [6.07, 6.45) is 1.35. The number of nitrogens with zero attached hydrogens (tertiary/aromatic N) is 2. The second-order valence-corrected chi connectivity index (χ2v) is 7.60. The van der Waals surface area contributed by atoms with Crippen LogP contribution in [-0.2, 0) is 9.84 Å². The van der Waals surface area contributed by atoms with Crippen LogP contribution in [-0.4, -0.2) is 19.2 Å². The maximum atomic E-state index is 12.1. The van der Waals surface area contributed by atoms with Crippen molar-refractivity contribution in [1.29, 1.82) is 5.26 Å². The first-order chi connectivity index (χ1) is 10.1. The molecule has 0 saturated heterocycles. The Morgan fingerprint density at radius 1 is 1.33 bits per heavy atom. The van der Waals surface area contributed by atoms with Crippen LogP contribution in [0.1, 0.15) is 24.6 Å². The van der Waals surface area contributed by atoms with Crippen molar-refractivity contribution >= 4 is 21.2 Å². The van der Waals surface area contributed by atoms with Gasteiger partial charge >= 0.3 is 0 Å². The Balaban J connectivity index is 2.30. The van der Waals surface area contributed by atoms with E-state index in [0.717, 1.165) is 17.8 Å². The Bertz CT molecular complexity index is 746. The third-order valence-electron chi connectivity index (χ3n) is 2.67. The number of unbranched alkanes of at least 4 members (excludes halogenated alkanes) is 1. The molecule has 5 nitrogen and oxygen atoms in total. The average molecular weight is 322 g/mol. The molecule has 0 spiro atoms. The fourth-order valence-corrected chi connectivity index (χ4v) is 4.18. The number of ether oxygens (including phenoxy) is 1. The van der Waals surface area contributed by atoms with E-state index in [1.54, 1.807) is 24.3 Å². The van der Waals surface area contributed by atoms with Crippen LogP contribution in [0.3, 0.4) is 0 Å². The summed E-state index contributed by atoms with van der Waals surface area (Å²) < 4.78 is 29.7. The number of para-hydroxylation sites is 1. The number of sulfone groups is 1. The first-order valence-corrected chi connectivity index (χ1v) is 8.90. The predicted octanol–water partition coefficient (Wildman–Crippen LogP) is 3.38. The summed E-state index contributed by atoms with van der Waals surface area (Å²) in [7, 11) is -3.45. The highest BCUT2D eigenvalue weighted by Gasteiger charge is 2.23. The minimum absolute atomic E-state index is 0.0344. The first kappa shape index (κ1) is 15.5. The Labute approximate surface area is 127 Å². The largest absolute Gasteiger partial charge is 0.437 e. The SMILES string of the molecule is CCCCS(=O)(=O)c1nc(Oc2ccccc2)c(C#N)s1. The molecule has 1 aromatic heterocycles. The molecular weight excluding hydrogens is 308 g/mol. The molecule has 0 amide bonds. The van der Waals surface area contributed by atoms with E-state index in [2.05, 4.69) is 4.98 Å². The molecule has 0 aliphatic rings. The Morgan fingerprint density at radius 2 is 2.05 bits per heavy atom. The van der Waals surface area contributed by atoms with Crippen molar-refractivity contribution in [2.24, 2.45) is 0 Å². The van der Waals surface area contributed by atoms with Gasteiger partial charge in [0.05, 0.1) is 5.75 Å². The summed E-state index contributed by atoms with van der Waals surface area (Å²) in [5.74, 6) is 0.590. The topological polar surface area (TPSA) is 80.1 Å². The summed E-state index contributed by atoms with van der Waals surface area (Å²) in [5, 5.41) is 9.10. The molecule has 110 valence electrons. The smallest absolute Gasteiger partial charge is 0.249 e. The van der Waals surface area contributed by atoms with Crippen LogP contribution in [0.5, 0.6) is 11.6 Å². The number of hydrogen-bond donors (Lipinski definition) is 0. The normalized spacial score (nSPS) is 11.0. The lowest BCUT2D eigenvalue weighted by Crippen LogP contribution is -2.06. The fraction of sp³-hybridized carbons (Fsp3) is 0.286. The Morgan fingerprint density at radius 3 is 2.67 bits per heavy atom. The van der Waals surface area contributed by atoms with E-state index in [0.29, 0.717) is 12.2 Å². The van der Waals surface area contributed by atoms with Crippen molar-refractivity contribution in [3.8, 4) is 17.7 Å². The molecule has 2 aromatic rings. The quantitative estimate of drug-likeness (QED) is 0.814. The summed E-state index contributed by atoms with van der Waals surface area (Å²) in [6.45, 7) is 1.92. The molecule has 0 bridgehead atoms. The van der Waals surface area contributed by atoms with E-state index in [1.165, 1.54) is 0 Å². The van der Waals surface area contributed by atoms with E-state index in [4.69, 9.17) is 10.00 Å². The van der Waals surface area contributed by atoms with Crippen LogP contribution in [0.25, 0.3) is 0 Å². The van der Waals surface area contributed by atoms with Gasteiger partial charge in [0, 0.05) is 0 Å². The zero-order chi connectivity index (χ0) is 15.3. The third kappa shape index (κ3) is 3.80. The first-order valence-electron chi connectivity index (χ1n) is 6.43. The van der Waals surface area contributed by atoms with Crippen LogP contribution >= 0.6 is 11.3 Å². The number of thiazole rings is 1. The molecule has 0 fully saturated rings. The summed E-state index contributed by atoms with van der Waals surface area (Å²) in [4.78, 5) is 4.15. The van der Waals surface area contributed by atoms with Gasteiger partial charge in [0.1, 0.15) is 11.8 Å². The van der Waals surface area contributed by atoms with Gasteiger partial charge in [-0.15, -0.1) is 0 Å². The molecule has 0 unspecified atom stereocenters. The fourth-order valence-electron chi connectivity index (χ4n) is 1.58. The van der Waals surface area contributed by atoms with Crippen molar-refractivity contribution < 1.29 is 13.2 Å². The molecule has 0 atom stereocenters. The van der Waals surface area contributed by atoms with Gasteiger partial charge in [0.25, 0.3) is 0 Å². The van der Waals surface area contributed by atoms with E-state index in [1.807, 2.05) is 19.1 Å². The third-order valence-corrected chi connectivity index (χ3v) is 5.87. The van der Waals surface area contributed by atoms with Crippen LogP contribution in [0.15, 0.2) is 34.7 Å². The van der Waals surface area contributed by atoms with Crippen LogP contribution in [0, 0.1) is 11.3 Å². The molecule has 0 saturated carbocycles. The molecule has 0 N–H and O–H groups in total. The Kier molecular flexibility index (Phi) is 4.94.